The summed E-state index contributed by atoms with van der Waals surface area (Å²) in [5.74, 6) is -0.541. The van der Waals surface area contributed by atoms with E-state index in [1.54, 1.807) is 18.9 Å². The number of hydrogen-bond acceptors (Lipinski definition) is 5. The van der Waals surface area contributed by atoms with Crippen LogP contribution in [0.1, 0.15) is 33.6 Å². The maximum absolute atomic E-state index is 12.3. The number of nitrogens with zero attached hydrogens (tertiary/aromatic N) is 1. The minimum Gasteiger partial charge on any atom is -0.463 e. The maximum Gasteiger partial charge on any atom is 0.337 e. The predicted molar refractivity (Wildman–Crippen MR) is 90.2 cm³/mol. The van der Waals surface area contributed by atoms with Crippen molar-refractivity contribution in [2.24, 2.45) is 0 Å². The number of carbonyl (C=O) groups is 3. The molecule has 0 spiro atoms. The highest BCUT2D eigenvalue weighted by atomic mass is 16.5. The molecule has 8 heteroatoms. The molecular weight excluding hydrogens is 312 g/mol. The molecule has 3 amide bonds. The van der Waals surface area contributed by atoms with Crippen LogP contribution in [-0.4, -0.2) is 62.1 Å². The summed E-state index contributed by atoms with van der Waals surface area (Å²) in [6.07, 6.45) is 1.44. The van der Waals surface area contributed by atoms with E-state index >= 15 is 0 Å². The van der Waals surface area contributed by atoms with Crippen molar-refractivity contribution < 1.29 is 19.1 Å². The highest BCUT2D eigenvalue weighted by Gasteiger charge is 2.31. The topological polar surface area (TPSA) is 99.8 Å². The Hall–Kier alpha value is -2.09. The molecule has 1 rings (SSSR count). The van der Waals surface area contributed by atoms with Crippen molar-refractivity contribution in [2.75, 3.05) is 33.3 Å². The van der Waals surface area contributed by atoms with E-state index in [9.17, 15) is 14.4 Å². The number of ether oxygens (including phenoxy) is 1. The second-order valence-electron chi connectivity index (χ2n) is 5.69. The van der Waals surface area contributed by atoms with Gasteiger partial charge in [-0.2, -0.15) is 0 Å². The lowest BCUT2D eigenvalue weighted by atomic mass is 10.00. The van der Waals surface area contributed by atoms with Gasteiger partial charge in [0.25, 0.3) is 0 Å². The average Bonchev–Trinajstić information content (AvgIpc) is 2.52. The van der Waals surface area contributed by atoms with E-state index in [0.717, 1.165) is 6.42 Å². The van der Waals surface area contributed by atoms with Crippen molar-refractivity contribution in [3.8, 4) is 0 Å². The SMILES string of the molecule is CCCNC(=O)CN(C)CC1=C(C(=O)OCC)C(CC)NC(=O)N1. The van der Waals surface area contributed by atoms with Crippen molar-refractivity contribution in [3.05, 3.63) is 11.3 Å². The number of likely N-dealkylation sites (N-methyl/N-ethyl adjacent to an activating group) is 1. The van der Waals surface area contributed by atoms with Crippen LogP contribution in [0.3, 0.4) is 0 Å². The van der Waals surface area contributed by atoms with Crippen molar-refractivity contribution in [1.29, 1.82) is 0 Å². The molecule has 1 atom stereocenters. The maximum atomic E-state index is 12.3. The Morgan fingerprint density at radius 2 is 2.00 bits per heavy atom. The molecule has 1 aliphatic heterocycles. The highest BCUT2D eigenvalue weighted by molar-refractivity contribution is 5.94. The van der Waals surface area contributed by atoms with E-state index in [2.05, 4.69) is 16.0 Å². The molecule has 0 fully saturated rings. The largest absolute Gasteiger partial charge is 0.463 e. The lowest BCUT2D eigenvalue weighted by molar-refractivity contribution is -0.139. The molecule has 0 bridgehead atoms. The van der Waals surface area contributed by atoms with Gasteiger partial charge in [0.1, 0.15) is 0 Å². The third kappa shape index (κ3) is 5.84. The molecule has 0 aromatic carbocycles. The van der Waals surface area contributed by atoms with Gasteiger partial charge in [0.2, 0.25) is 5.91 Å². The second kappa shape index (κ2) is 9.92. The average molecular weight is 340 g/mol. The van der Waals surface area contributed by atoms with Crippen LogP contribution in [0.25, 0.3) is 0 Å². The van der Waals surface area contributed by atoms with Crippen molar-refractivity contribution in [3.63, 3.8) is 0 Å². The molecule has 1 aliphatic rings. The van der Waals surface area contributed by atoms with E-state index in [-0.39, 0.29) is 31.6 Å². The molecule has 24 heavy (non-hydrogen) atoms. The van der Waals surface area contributed by atoms with Crippen LogP contribution in [0.5, 0.6) is 0 Å². The van der Waals surface area contributed by atoms with E-state index in [0.29, 0.717) is 24.2 Å². The lowest BCUT2D eigenvalue weighted by Gasteiger charge is -2.30. The molecule has 0 saturated carbocycles. The number of nitrogens with one attached hydrogen (secondary N) is 3. The second-order valence-corrected chi connectivity index (χ2v) is 5.69. The smallest absolute Gasteiger partial charge is 0.337 e. The standard InChI is InChI=1S/C16H28N4O4/c1-5-8-17-13(21)10-20(4)9-12-14(15(22)24-7-3)11(6-2)18-16(23)19-12/h11H,5-10H2,1-4H3,(H,17,21)(H2,18,19,23). The first-order valence-electron chi connectivity index (χ1n) is 8.35. The zero-order chi connectivity index (χ0) is 18.1. The van der Waals surface area contributed by atoms with Crippen LogP contribution >= 0.6 is 0 Å². The van der Waals surface area contributed by atoms with E-state index in [1.165, 1.54) is 0 Å². The van der Waals surface area contributed by atoms with E-state index in [1.807, 2.05) is 13.8 Å². The first kappa shape index (κ1) is 20.0. The fourth-order valence-corrected chi connectivity index (χ4v) is 2.48. The third-order valence-electron chi connectivity index (χ3n) is 3.56. The van der Waals surface area contributed by atoms with E-state index < -0.39 is 12.0 Å². The summed E-state index contributed by atoms with van der Waals surface area (Å²) < 4.78 is 5.11. The number of urea groups is 1. The first-order valence-corrected chi connectivity index (χ1v) is 8.35. The van der Waals surface area contributed by atoms with Gasteiger partial charge in [-0.05, 0) is 26.8 Å². The monoisotopic (exact) mass is 340 g/mol. The van der Waals surface area contributed by atoms with Gasteiger partial charge in [0.05, 0.1) is 24.8 Å². The summed E-state index contributed by atoms with van der Waals surface area (Å²) in [4.78, 5) is 37.6. The molecule has 0 aromatic rings. The van der Waals surface area contributed by atoms with Crippen molar-refractivity contribution in [1.82, 2.24) is 20.9 Å². The number of hydrogen-bond donors (Lipinski definition) is 3. The zero-order valence-corrected chi connectivity index (χ0v) is 14.9. The summed E-state index contributed by atoms with van der Waals surface area (Å²) in [6, 6.07) is -0.746. The molecule has 1 heterocycles. The summed E-state index contributed by atoms with van der Waals surface area (Å²) in [7, 11) is 1.76. The molecule has 1 unspecified atom stereocenters. The van der Waals surface area contributed by atoms with Gasteiger partial charge in [-0.1, -0.05) is 13.8 Å². The summed E-state index contributed by atoms with van der Waals surface area (Å²) in [5.41, 5.74) is 0.898. The molecule has 0 radical (unpaired) electrons. The van der Waals surface area contributed by atoms with Crippen LogP contribution in [0.2, 0.25) is 0 Å². The summed E-state index contributed by atoms with van der Waals surface area (Å²) in [6.45, 7) is 6.94. The third-order valence-corrected chi connectivity index (χ3v) is 3.56. The van der Waals surface area contributed by atoms with Crippen molar-refractivity contribution >= 4 is 17.9 Å². The van der Waals surface area contributed by atoms with Crippen molar-refractivity contribution in [2.45, 2.75) is 39.7 Å². The van der Waals surface area contributed by atoms with Gasteiger partial charge in [0.15, 0.2) is 0 Å². The van der Waals surface area contributed by atoms with Crippen LogP contribution in [0.15, 0.2) is 11.3 Å². The first-order chi connectivity index (χ1) is 11.4. The Morgan fingerprint density at radius 1 is 1.29 bits per heavy atom. The number of amides is 3. The minimum atomic E-state index is -0.448. The Balaban J connectivity index is 2.89. The van der Waals surface area contributed by atoms with E-state index in [4.69, 9.17) is 4.74 Å². The molecule has 8 nitrogen and oxygen atoms in total. The van der Waals surface area contributed by atoms with Gasteiger partial charge in [-0.15, -0.1) is 0 Å². The van der Waals surface area contributed by atoms with Gasteiger partial charge >= 0.3 is 12.0 Å². The van der Waals surface area contributed by atoms with Crippen LogP contribution in [0.4, 0.5) is 4.79 Å². The lowest BCUT2D eigenvalue weighted by Crippen LogP contribution is -2.52. The van der Waals surface area contributed by atoms with Gasteiger partial charge in [-0.25, -0.2) is 9.59 Å². The number of rotatable bonds is 9. The normalized spacial score (nSPS) is 17.4. The molecule has 0 aliphatic carbocycles. The predicted octanol–water partition coefficient (Wildman–Crippen LogP) is 0.353. The fourth-order valence-electron chi connectivity index (χ4n) is 2.48. The van der Waals surface area contributed by atoms with Gasteiger partial charge in [-0.3, -0.25) is 9.69 Å². The number of carbonyl (C=O) groups excluding carboxylic acids is 3. The van der Waals surface area contributed by atoms with Gasteiger partial charge < -0.3 is 20.7 Å². The van der Waals surface area contributed by atoms with Gasteiger partial charge in [0, 0.05) is 18.8 Å². The number of esters is 1. The Bertz CT molecular complexity index is 504. The Labute approximate surface area is 143 Å². The molecular formula is C16H28N4O4. The molecule has 136 valence electrons. The Morgan fingerprint density at radius 3 is 2.58 bits per heavy atom. The molecule has 3 N–H and O–H groups in total. The fraction of sp³-hybridized carbons (Fsp3) is 0.688. The summed E-state index contributed by atoms with van der Waals surface area (Å²) in [5, 5.41) is 8.19. The van der Waals surface area contributed by atoms with Crippen LogP contribution in [-0.2, 0) is 14.3 Å². The minimum absolute atomic E-state index is 0.0927. The van der Waals surface area contributed by atoms with Crippen LogP contribution < -0.4 is 16.0 Å². The summed E-state index contributed by atoms with van der Waals surface area (Å²) >= 11 is 0. The molecule has 0 aromatic heterocycles. The quantitative estimate of drug-likeness (QED) is 0.526. The zero-order valence-electron chi connectivity index (χ0n) is 14.9. The van der Waals surface area contributed by atoms with Crippen LogP contribution in [0, 0.1) is 0 Å². The molecule has 0 saturated heterocycles. The Kier molecular flexibility index (Phi) is 8.25. The highest BCUT2D eigenvalue weighted by Crippen LogP contribution is 2.17.